The first kappa shape index (κ1) is 22.6. The Bertz CT molecular complexity index is 1300. The van der Waals surface area contributed by atoms with E-state index >= 15 is 0 Å². The predicted molar refractivity (Wildman–Crippen MR) is 119 cm³/mol. The van der Waals surface area contributed by atoms with Crippen molar-refractivity contribution >= 4 is 33.0 Å². The average molecular weight is 461 g/mol. The lowest BCUT2D eigenvalue weighted by molar-refractivity contribution is -0.116. The molecule has 1 amide bonds. The molecule has 31 heavy (non-hydrogen) atoms. The molecular formula is C22H21ClN2O5S. The van der Waals surface area contributed by atoms with Crippen molar-refractivity contribution in [3.05, 3.63) is 81.2 Å². The zero-order chi connectivity index (χ0) is 22.8. The van der Waals surface area contributed by atoms with Crippen molar-refractivity contribution in [1.82, 2.24) is 4.57 Å². The number of nitrogens with zero attached hydrogens (tertiary/aromatic N) is 1. The third-order valence-electron chi connectivity index (χ3n) is 4.74. The van der Waals surface area contributed by atoms with Crippen molar-refractivity contribution in [3.8, 4) is 5.75 Å². The molecule has 7 nitrogen and oxygen atoms in total. The van der Waals surface area contributed by atoms with Crippen LogP contribution in [0.25, 0.3) is 0 Å². The van der Waals surface area contributed by atoms with E-state index in [0.29, 0.717) is 27.7 Å². The van der Waals surface area contributed by atoms with E-state index in [0.717, 1.165) is 4.57 Å². The summed E-state index contributed by atoms with van der Waals surface area (Å²) in [6.45, 7) is 2.83. The number of anilines is 1. The van der Waals surface area contributed by atoms with Crippen molar-refractivity contribution in [2.45, 2.75) is 30.2 Å². The maximum atomic E-state index is 13.2. The molecule has 0 saturated carbocycles. The van der Waals surface area contributed by atoms with Crippen molar-refractivity contribution < 1.29 is 17.9 Å². The molecule has 0 spiro atoms. The zero-order valence-corrected chi connectivity index (χ0v) is 18.8. The molecule has 162 valence electrons. The van der Waals surface area contributed by atoms with Gasteiger partial charge in [0, 0.05) is 5.69 Å². The van der Waals surface area contributed by atoms with E-state index in [9.17, 15) is 18.0 Å². The molecule has 1 N–H and O–H groups in total. The summed E-state index contributed by atoms with van der Waals surface area (Å²) in [6, 6.07) is 14.0. The van der Waals surface area contributed by atoms with Gasteiger partial charge in [-0.15, -0.1) is 0 Å². The number of hydrogen-bond acceptors (Lipinski definition) is 5. The monoisotopic (exact) mass is 460 g/mol. The van der Waals surface area contributed by atoms with Crippen LogP contribution in [0, 0.1) is 13.8 Å². The van der Waals surface area contributed by atoms with Crippen LogP contribution in [0.3, 0.4) is 0 Å². The summed E-state index contributed by atoms with van der Waals surface area (Å²) >= 11 is 6.06. The van der Waals surface area contributed by atoms with E-state index in [1.54, 1.807) is 44.2 Å². The fourth-order valence-electron chi connectivity index (χ4n) is 3.20. The van der Waals surface area contributed by atoms with E-state index in [1.807, 2.05) is 0 Å². The molecule has 0 atom stereocenters. The molecular weight excluding hydrogens is 440 g/mol. The molecule has 0 bridgehead atoms. The Morgan fingerprint density at radius 1 is 1.10 bits per heavy atom. The number of methoxy groups -OCH3 is 1. The standard InChI is InChI=1S/C22H21ClN2O5S/c1-14-12-15(2)25(13-20(26)24-19-7-5-4-6-18(19)23)22(27)21(14)31(28,29)17-10-8-16(30-3)9-11-17/h4-12H,13H2,1-3H3,(H,24,26). The second-order valence-electron chi connectivity index (χ2n) is 6.90. The molecule has 1 aromatic heterocycles. The van der Waals surface area contributed by atoms with Crippen LogP contribution in [0.15, 0.2) is 69.2 Å². The zero-order valence-electron chi connectivity index (χ0n) is 17.2. The van der Waals surface area contributed by atoms with Gasteiger partial charge in [-0.25, -0.2) is 8.42 Å². The quantitative estimate of drug-likeness (QED) is 0.606. The van der Waals surface area contributed by atoms with E-state index in [4.69, 9.17) is 16.3 Å². The Morgan fingerprint density at radius 2 is 1.74 bits per heavy atom. The number of hydrogen-bond donors (Lipinski definition) is 1. The minimum absolute atomic E-state index is 0.0376. The fourth-order valence-corrected chi connectivity index (χ4v) is 4.94. The first-order valence-corrected chi connectivity index (χ1v) is 11.2. The molecule has 0 saturated heterocycles. The van der Waals surface area contributed by atoms with Gasteiger partial charge in [-0.1, -0.05) is 23.7 Å². The number of halogens is 1. The first-order chi connectivity index (χ1) is 14.6. The number of ether oxygens (including phenoxy) is 1. The normalized spacial score (nSPS) is 11.2. The maximum absolute atomic E-state index is 13.2. The minimum atomic E-state index is -4.11. The van der Waals surface area contributed by atoms with E-state index in [-0.39, 0.29) is 16.3 Å². The van der Waals surface area contributed by atoms with E-state index in [2.05, 4.69) is 5.32 Å². The van der Waals surface area contributed by atoms with Crippen LogP contribution in [-0.2, 0) is 21.2 Å². The summed E-state index contributed by atoms with van der Waals surface area (Å²) in [5, 5.41) is 2.99. The lowest BCUT2D eigenvalue weighted by Crippen LogP contribution is -2.33. The van der Waals surface area contributed by atoms with Crippen molar-refractivity contribution in [2.24, 2.45) is 0 Å². The summed E-state index contributed by atoms with van der Waals surface area (Å²) in [5.41, 5.74) is 0.409. The Balaban J connectivity index is 2.00. The second kappa shape index (κ2) is 8.95. The van der Waals surface area contributed by atoms with Crippen LogP contribution in [0.2, 0.25) is 5.02 Å². The number of aryl methyl sites for hydroxylation is 2. The first-order valence-electron chi connectivity index (χ1n) is 9.29. The van der Waals surface area contributed by atoms with Crippen molar-refractivity contribution in [3.63, 3.8) is 0 Å². The van der Waals surface area contributed by atoms with E-state index in [1.165, 1.54) is 31.4 Å². The predicted octanol–water partition coefficient (Wildman–Crippen LogP) is 3.60. The van der Waals surface area contributed by atoms with Crippen LogP contribution in [0.1, 0.15) is 11.3 Å². The van der Waals surface area contributed by atoms with Gasteiger partial charge in [0.1, 0.15) is 17.2 Å². The van der Waals surface area contributed by atoms with Gasteiger partial charge in [0.25, 0.3) is 5.56 Å². The lowest BCUT2D eigenvalue weighted by atomic mass is 10.2. The number of rotatable bonds is 6. The number of nitrogens with one attached hydrogen (secondary N) is 1. The van der Waals surface area contributed by atoms with Crippen LogP contribution >= 0.6 is 11.6 Å². The van der Waals surface area contributed by atoms with Crippen molar-refractivity contribution in [1.29, 1.82) is 0 Å². The van der Waals surface area contributed by atoms with Gasteiger partial charge in [-0.05, 0) is 61.9 Å². The highest BCUT2D eigenvalue weighted by molar-refractivity contribution is 7.91. The van der Waals surface area contributed by atoms with Crippen LogP contribution < -0.4 is 15.6 Å². The Kier molecular flexibility index (Phi) is 6.52. The summed E-state index contributed by atoms with van der Waals surface area (Å²) in [7, 11) is -2.64. The van der Waals surface area contributed by atoms with Gasteiger partial charge >= 0.3 is 0 Å². The Morgan fingerprint density at radius 3 is 2.35 bits per heavy atom. The third-order valence-corrected chi connectivity index (χ3v) is 6.99. The SMILES string of the molecule is COc1ccc(S(=O)(=O)c2c(C)cc(C)n(CC(=O)Nc3ccccc3Cl)c2=O)cc1. The fraction of sp³-hybridized carbons (Fsp3) is 0.182. The Hall–Kier alpha value is -3.10. The molecule has 1 heterocycles. The second-order valence-corrected chi connectivity index (χ2v) is 9.19. The topological polar surface area (TPSA) is 94.5 Å². The number of carbonyl (C=O) groups is 1. The lowest BCUT2D eigenvalue weighted by Gasteiger charge is -2.15. The summed E-state index contributed by atoms with van der Waals surface area (Å²) in [6.07, 6.45) is 0. The van der Waals surface area contributed by atoms with Crippen molar-refractivity contribution in [2.75, 3.05) is 12.4 Å². The van der Waals surface area contributed by atoms with Crippen LogP contribution in [0.5, 0.6) is 5.75 Å². The Labute approximate surface area is 185 Å². The average Bonchev–Trinajstić information content (AvgIpc) is 2.72. The largest absolute Gasteiger partial charge is 0.497 e. The number of amides is 1. The smallest absolute Gasteiger partial charge is 0.270 e. The van der Waals surface area contributed by atoms with Crippen LogP contribution in [-0.4, -0.2) is 26.0 Å². The molecule has 0 aliphatic rings. The van der Waals surface area contributed by atoms with E-state index < -0.39 is 21.3 Å². The summed E-state index contributed by atoms with van der Waals surface area (Å²) in [4.78, 5) is 25.3. The highest BCUT2D eigenvalue weighted by Crippen LogP contribution is 2.24. The molecule has 9 heteroatoms. The number of sulfone groups is 1. The van der Waals surface area contributed by atoms with Gasteiger partial charge in [0.05, 0.1) is 22.7 Å². The molecule has 0 fully saturated rings. The summed E-state index contributed by atoms with van der Waals surface area (Å²) in [5.74, 6) is -0.0109. The number of pyridine rings is 1. The molecule has 0 radical (unpaired) electrons. The molecule has 3 rings (SSSR count). The number of para-hydroxylation sites is 1. The number of aromatic nitrogens is 1. The van der Waals surface area contributed by atoms with Gasteiger partial charge in [0.15, 0.2) is 0 Å². The number of carbonyl (C=O) groups excluding carboxylic acids is 1. The van der Waals surface area contributed by atoms with Gasteiger partial charge < -0.3 is 14.6 Å². The summed E-state index contributed by atoms with van der Waals surface area (Å²) < 4.78 is 32.6. The maximum Gasteiger partial charge on any atom is 0.270 e. The molecule has 0 unspecified atom stereocenters. The van der Waals surface area contributed by atoms with Gasteiger partial charge in [-0.3, -0.25) is 9.59 Å². The van der Waals surface area contributed by atoms with Gasteiger partial charge in [0.2, 0.25) is 15.7 Å². The van der Waals surface area contributed by atoms with Gasteiger partial charge in [-0.2, -0.15) is 0 Å². The number of benzene rings is 2. The highest BCUT2D eigenvalue weighted by atomic mass is 35.5. The minimum Gasteiger partial charge on any atom is -0.497 e. The highest BCUT2D eigenvalue weighted by Gasteiger charge is 2.26. The molecule has 0 aliphatic carbocycles. The third kappa shape index (κ3) is 4.65. The molecule has 3 aromatic rings. The van der Waals surface area contributed by atoms with Crippen LogP contribution in [0.4, 0.5) is 5.69 Å². The molecule has 2 aromatic carbocycles. The molecule has 0 aliphatic heterocycles.